The minimum atomic E-state index is 0.0398. The smallest absolute Gasteiger partial charge is 0.317 e. The summed E-state index contributed by atoms with van der Waals surface area (Å²) < 4.78 is 4.94. The lowest BCUT2D eigenvalue weighted by Crippen LogP contribution is -2.42. The van der Waals surface area contributed by atoms with Gasteiger partial charge in [0.1, 0.15) is 0 Å². The van der Waals surface area contributed by atoms with Crippen molar-refractivity contribution in [2.24, 2.45) is 0 Å². The molecule has 0 fully saturated rings. The van der Waals surface area contributed by atoms with Crippen LogP contribution >= 0.6 is 11.3 Å². The molecule has 0 unspecified atom stereocenters. The topological polar surface area (TPSA) is 41.6 Å². The number of nitrogens with one attached hydrogen (secondary N) is 1. The van der Waals surface area contributed by atoms with Gasteiger partial charge in [-0.1, -0.05) is 0 Å². The number of hydrogen-bond acceptors (Lipinski definition) is 3. The molecule has 17 heavy (non-hydrogen) atoms. The molecular formula is C12H18N2O2S. The lowest BCUT2D eigenvalue weighted by atomic mass is 10.1. The second-order valence-electron chi connectivity index (χ2n) is 4.12. The van der Waals surface area contributed by atoms with Gasteiger partial charge in [0.25, 0.3) is 0 Å². The van der Waals surface area contributed by atoms with Gasteiger partial charge in [0, 0.05) is 38.2 Å². The second-order valence-corrected chi connectivity index (χ2v) is 5.12. The van der Waals surface area contributed by atoms with E-state index in [-0.39, 0.29) is 6.03 Å². The number of amides is 2. The number of carbonyl (C=O) groups is 1. The largest absolute Gasteiger partial charge is 0.385 e. The van der Waals surface area contributed by atoms with Crippen LogP contribution in [0.15, 0.2) is 11.4 Å². The van der Waals surface area contributed by atoms with Gasteiger partial charge in [-0.3, -0.25) is 0 Å². The Morgan fingerprint density at radius 3 is 3.35 bits per heavy atom. The molecule has 0 saturated heterocycles. The number of ether oxygens (including phenoxy) is 1. The third-order valence-electron chi connectivity index (χ3n) is 2.90. The van der Waals surface area contributed by atoms with Gasteiger partial charge >= 0.3 is 6.03 Å². The minimum Gasteiger partial charge on any atom is -0.385 e. The predicted octanol–water partition coefficient (Wildman–Crippen LogP) is 1.85. The molecule has 0 spiro atoms. The molecule has 1 aliphatic rings. The van der Waals surface area contributed by atoms with Crippen LogP contribution in [0, 0.1) is 0 Å². The fourth-order valence-corrected chi connectivity index (χ4v) is 2.84. The summed E-state index contributed by atoms with van der Waals surface area (Å²) in [7, 11) is 1.67. The highest BCUT2D eigenvalue weighted by atomic mass is 32.1. The van der Waals surface area contributed by atoms with Crippen molar-refractivity contribution in [1.82, 2.24) is 10.2 Å². The lowest BCUT2D eigenvalue weighted by molar-refractivity contribution is 0.182. The second kappa shape index (κ2) is 6.02. The molecule has 1 aliphatic heterocycles. The summed E-state index contributed by atoms with van der Waals surface area (Å²) in [5.74, 6) is 0. The highest BCUT2D eigenvalue weighted by Crippen LogP contribution is 2.23. The van der Waals surface area contributed by atoms with Crippen LogP contribution in [0.3, 0.4) is 0 Å². The van der Waals surface area contributed by atoms with Crippen LogP contribution in [0.5, 0.6) is 0 Å². The molecule has 1 N–H and O–H groups in total. The SMILES string of the molecule is COCCCNC(=O)N1CCc2sccc2C1. The first-order valence-corrected chi connectivity index (χ1v) is 6.76. The van der Waals surface area contributed by atoms with E-state index in [4.69, 9.17) is 4.74 Å². The molecule has 2 heterocycles. The van der Waals surface area contributed by atoms with Crippen LogP contribution in [0.25, 0.3) is 0 Å². The Balaban J connectivity index is 1.78. The van der Waals surface area contributed by atoms with Crippen molar-refractivity contribution >= 4 is 17.4 Å². The summed E-state index contributed by atoms with van der Waals surface area (Å²) in [5.41, 5.74) is 1.30. The number of rotatable bonds is 4. The van der Waals surface area contributed by atoms with Crippen molar-refractivity contribution in [2.45, 2.75) is 19.4 Å². The molecule has 5 heteroatoms. The van der Waals surface area contributed by atoms with E-state index in [0.29, 0.717) is 13.2 Å². The maximum atomic E-state index is 11.9. The van der Waals surface area contributed by atoms with Gasteiger partial charge in [0.05, 0.1) is 0 Å². The number of urea groups is 1. The van der Waals surface area contributed by atoms with Gasteiger partial charge in [-0.25, -0.2) is 4.79 Å². The molecule has 0 saturated carbocycles. The Hall–Kier alpha value is -1.07. The van der Waals surface area contributed by atoms with E-state index in [9.17, 15) is 4.79 Å². The molecule has 94 valence electrons. The number of thiophene rings is 1. The van der Waals surface area contributed by atoms with E-state index in [1.807, 2.05) is 4.90 Å². The molecule has 0 bridgehead atoms. The maximum Gasteiger partial charge on any atom is 0.317 e. The van der Waals surface area contributed by atoms with Crippen molar-refractivity contribution in [3.05, 3.63) is 21.9 Å². The van der Waals surface area contributed by atoms with Crippen molar-refractivity contribution in [2.75, 3.05) is 26.8 Å². The van der Waals surface area contributed by atoms with Crippen LogP contribution in [0.2, 0.25) is 0 Å². The number of fused-ring (bicyclic) bond motifs is 1. The van der Waals surface area contributed by atoms with Crippen LogP contribution in [0.1, 0.15) is 16.9 Å². The van der Waals surface area contributed by atoms with Crippen molar-refractivity contribution in [1.29, 1.82) is 0 Å². The van der Waals surface area contributed by atoms with Crippen molar-refractivity contribution < 1.29 is 9.53 Å². The van der Waals surface area contributed by atoms with Crippen molar-refractivity contribution in [3.8, 4) is 0 Å². The van der Waals surface area contributed by atoms with Gasteiger partial charge in [-0.15, -0.1) is 11.3 Å². The zero-order valence-electron chi connectivity index (χ0n) is 10.1. The average molecular weight is 254 g/mol. The van der Waals surface area contributed by atoms with Crippen LogP contribution in [-0.4, -0.2) is 37.7 Å². The summed E-state index contributed by atoms with van der Waals surface area (Å²) in [4.78, 5) is 15.2. The standard InChI is InChI=1S/C12H18N2O2S/c1-16-7-2-5-13-12(15)14-6-3-11-10(9-14)4-8-17-11/h4,8H,2-3,5-7,9H2,1H3,(H,13,15). The molecule has 2 rings (SSSR count). The lowest BCUT2D eigenvalue weighted by Gasteiger charge is -2.27. The van der Waals surface area contributed by atoms with E-state index in [1.54, 1.807) is 18.4 Å². The number of methoxy groups -OCH3 is 1. The molecule has 1 aromatic heterocycles. The Morgan fingerprint density at radius 1 is 1.65 bits per heavy atom. The van der Waals surface area contributed by atoms with Crippen LogP contribution in [-0.2, 0) is 17.7 Å². The number of nitrogens with zero attached hydrogens (tertiary/aromatic N) is 1. The zero-order chi connectivity index (χ0) is 12.1. The van der Waals surface area contributed by atoms with Crippen LogP contribution < -0.4 is 5.32 Å². The summed E-state index contributed by atoms with van der Waals surface area (Å²) in [5, 5.41) is 5.02. The van der Waals surface area contributed by atoms with E-state index < -0.39 is 0 Å². The first kappa shape index (κ1) is 12.4. The number of carbonyl (C=O) groups excluding carboxylic acids is 1. The Morgan fingerprint density at radius 2 is 2.53 bits per heavy atom. The average Bonchev–Trinajstić information content (AvgIpc) is 2.81. The first-order valence-electron chi connectivity index (χ1n) is 5.88. The van der Waals surface area contributed by atoms with E-state index in [0.717, 1.165) is 25.9 Å². The van der Waals surface area contributed by atoms with Gasteiger partial charge in [-0.2, -0.15) is 0 Å². The Kier molecular flexibility index (Phi) is 4.39. The molecular weight excluding hydrogens is 236 g/mol. The van der Waals surface area contributed by atoms with Crippen LogP contribution in [0.4, 0.5) is 4.79 Å². The summed E-state index contributed by atoms with van der Waals surface area (Å²) >= 11 is 1.79. The summed E-state index contributed by atoms with van der Waals surface area (Å²) in [6.07, 6.45) is 1.85. The van der Waals surface area contributed by atoms with Gasteiger partial charge in [0.15, 0.2) is 0 Å². The molecule has 1 aromatic rings. The predicted molar refractivity (Wildman–Crippen MR) is 68.3 cm³/mol. The van der Waals surface area contributed by atoms with E-state index in [2.05, 4.69) is 16.8 Å². The van der Waals surface area contributed by atoms with Gasteiger partial charge in [0.2, 0.25) is 0 Å². The third-order valence-corrected chi connectivity index (χ3v) is 3.92. The summed E-state index contributed by atoms with van der Waals surface area (Å²) in [6, 6.07) is 2.16. The normalized spacial score (nSPS) is 14.5. The maximum absolute atomic E-state index is 11.9. The first-order chi connectivity index (χ1) is 8.31. The number of hydrogen-bond donors (Lipinski definition) is 1. The highest BCUT2D eigenvalue weighted by molar-refractivity contribution is 7.10. The monoisotopic (exact) mass is 254 g/mol. The van der Waals surface area contributed by atoms with Gasteiger partial charge < -0.3 is 15.0 Å². The Labute approximate surface area is 106 Å². The fraction of sp³-hybridized carbons (Fsp3) is 0.583. The fourth-order valence-electron chi connectivity index (χ4n) is 1.95. The summed E-state index contributed by atoms with van der Waals surface area (Å²) in [6.45, 7) is 2.94. The Bertz CT molecular complexity index is 378. The molecule has 0 aromatic carbocycles. The van der Waals surface area contributed by atoms with E-state index in [1.165, 1.54) is 10.4 Å². The third kappa shape index (κ3) is 3.20. The van der Waals surface area contributed by atoms with Crippen molar-refractivity contribution in [3.63, 3.8) is 0 Å². The molecule has 4 nitrogen and oxygen atoms in total. The molecule has 0 radical (unpaired) electrons. The van der Waals surface area contributed by atoms with E-state index >= 15 is 0 Å². The molecule has 0 aliphatic carbocycles. The molecule has 0 atom stereocenters. The quantitative estimate of drug-likeness (QED) is 0.833. The van der Waals surface area contributed by atoms with Gasteiger partial charge in [-0.05, 0) is 29.9 Å². The zero-order valence-corrected chi connectivity index (χ0v) is 10.9. The molecule has 2 amide bonds. The minimum absolute atomic E-state index is 0.0398. The highest BCUT2D eigenvalue weighted by Gasteiger charge is 2.20.